The summed E-state index contributed by atoms with van der Waals surface area (Å²) in [7, 11) is 3.85. The maximum absolute atomic E-state index is 5.86. The fraction of sp³-hybridized carbons (Fsp3) is 0.625. The molecule has 0 saturated carbocycles. The van der Waals surface area contributed by atoms with Crippen molar-refractivity contribution in [3.8, 4) is 0 Å². The summed E-state index contributed by atoms with van der Waals surface area (Å²) < 4.78 is 1.75. The van der Waals surface area contributed by atoms with Crippen molar-refractivity contribution >= 4 is 11.5 Å². The lowest BCUT2D eigenvalue weighted by molar-refractivity contribution is 0.457. The second kappa shape index (κ2) is 3.66. The Morgan fingerprint density at radius 2 is 2.23 bits per heavy atom. The molecule has 0 spiro atoms. The Balaban J connectivity index is 3.07. The Labute approximate surface area is 78.3 Å². The molecule has 0 aromatic carbocycles. The minimum Gasteiger partial charge on any atom is -0.394 e. The van der Waals surface area contributed by atoms with Gasteiger partial charge in [-0.05, 0) is 6.42 Å². The largest absolute Gasteiger partial charge is 0.394 e. The van der Waals surface area contributed by atoms with E-state index >= 15 is 0 Å². The van der Waals surface area contributed by atoms with Crippen LogP contribution in [0.2, 0.25) is 0 Å². The highest BCUT2D eigenvalue weighted by Gasteiger charge is 2.13. The van der Waals surface area contributed by atoms with Crippen LogP contribution >= 0.6 is 0 Å². The number of rotatable bonds is 3. The molecule has 1 atom stereocenters. The summed E-state index contributed by atoms with van der Waals surface area (Å²) in [4.78, 5) is 1.91. The van der Waals surface area contributed by atoms with Crippen molar-refractivity contribution in [1.29, 1.82) is 0 Å². The maximum Gasteiger partial charge on any atom is 0.151 e. The highest BCUT2D eigenvalue weighted by atomic mass is 15.4. The molecule has 0 fully saturated rings. The van der Waals surface area contributed by atoms with Crippen LogP contribution in [0.25, 0.3) is 0 Å². The average molecular weight is 183 g/mol. The lowest BCUT2D eigenvalue weighted by Crippen LogP contribution is -2.24. The van der Waals surface area contributed by atoms with Crippen LogP contribution in [0.1, 0.15) is 19.5 Å². The van der Waals surface area contributed by atoms with Crippen LogP contribution in [0.4, 0.5) is 11.5 Å². The molecule has 5 nitrogen and oxygen atoms in total. The average Bonchev–Trinajstić information content (AvgIpc) is 2.45. The van der Waals surface area contributed by atoms with Gasteiger partial charge in [0.1, 0.15) is 6.17 Å². The van der Waals surface area contributed by atoms with E-state index in [2.05, 4.69) is 5.10 Å². The topological polar surface area (TPSA) is 73.1 Å². The van der Waals surface area contributed by atoms with Crippen molar-refractivity contribution in [2.75, 3.05) is 24.7 Å². The molecule has 0 amide bonds. The molecule has 0 aliphatic rings. The van der Waals surface area contributed by atoms with Crippen molar-refractivity contribution in [1.82, 2.24) is 9.78 Å². The van der Waals surface area contributed by atoms with Crippen LogP contribution in [0.3, 0.4) is 0 Å². The third-order valence-corrected chi connectivity index (χ3v) is 1.95. The van der Waals surface area contributed by atoms with E-state index in [4.69, 9.17) is 11.5 Å². The minimum atomic E-state index is -0.102. The molecule has 0 bridgehead atoms. The number of nitrogens with two attached hydrogens (primary N) is 2. The summed E-state index contributed by atoms with van der Waals surface area (Å²) in [5.41, 5.74) is 12.3. The minimum absolute atomic E-state index is 0.102. The van der Waals surface area contributed by atoms with Gasteiger partial charge in [-0.15, -0.1) is 0 Å². The van der Waals surface area contributed by atoms with Gasteiger partial charge >= 0.3 is 0 Å². The van der Waals surface area contributed by atoms with Crippen LogP contribution in [0, 0.1) is 0 Å². The third kappa shape index (κ3) is 1.75. The molecule has 1 rings (SSSR count). The van der Waals surface area contributed by atoms with Gasteiger partial charge < -0.3 is 16.4 Å². The number of hydrogen-bond acceptors (Lipinski definition) is 4. The highest BCUT2D eigenvalue weighted by Crippen LogP contribution is 2.23. The Bertz CT molecular complexity index is 278. The first-order valence-corrected chi connectivity index (χ1v) is 4.33. The second-order valence-electron chi connectivity index (χ2n) is 3.24. The van der Waals surface area contributed by atoms with Gasteiger partial charge in [0.2, 0.25) is 0 Å². The van der Waals surface area contributed by atoms with Gasteiger partial charge in [0.15, 0.2) is 5.82 Å². The predicted octanol–water partition coefficient (Wildman–Crippen LogP) is 0.399. The van der Waals surface area contributed by atoms with Crippen molar-refractivity contribution in [3.63, 3.8) is 0 Å². The summed E-state index contributed by atoms with van der Waals surface area (Å²) in [5, 5.41) is 4.13. The summed E-state index contributed by atoms with van der Waals surface area (Å²) in [6, 6.07) is 0. The fourth-order valence-electron chi connectivity index (χ4n) is 1.25. The van der Waals surface area contributed by atoms with E-state index in [0.717, 1.165) is 12.2 Å². The summed E-state index contributed by atoms with van der Waals surface area (Å²) in [5.74, 6) is 0.870. The first-order chi connectivity index (χ1) is 6.07. The number of aromatic nitrogens is 2. The van der Waals surface area contributed by atoms with Crippen molar-refractivity contribution in [2.45, 2.75) is 19.5 Å². The molecular weight excluding hydrogens is 166 g/mol. The molecular formula is C8H17N5. The van der Waals surface area contributed by atoms with Crippen LogP contribution in [-0.2, 0) is 0 Å². The molecule has 1 aromatic heterocycles. The molecule has 0 radical (unpaired) electrons. The zero-order chi connectivity index (χ0) is 10.0. The van der Waals surface area contributed by atoms with Crippen LogP contribution < -0.4 is 16.4 Å². The van der Waals surface area contributed by atoms with Crippen LogP contribution in [0.5, 0.6) is 0 Å². The van der Waals surface area contributed by atoms with E-state index < -0.39 is 0 Å². The second-order valence-corrected chi connectivity index (χ2v) is 3.24. The van der Waals surface area contributed by atoms with Gasteiger partial charge in [0.05, 0.1) is 11.9 Å². The fourth-order valence-corrected chi connectivity index (χ4v) is 1.25. The van der Waals surface area contributed by atoms with Crippen LogP contribution in [0.15, 0.2) is 6.20 Å². The van der Waals surface area contributed by atoms with E-state index in [1.165, 1.54) is 0 Å². The monoisotopic (exact) mass is 183 g/mol. The molecule has 0 aliphatic carbocycles. The highest BCUT2D eigenvalue weighted by molar-refractivity contribution is 5.61. The molecule has 1 aromatic rings. The normalized spacial score (nSPS) is 12.9. The van der Waals surface area contributed by atoms with Crippen LogP contribution in [-0.4, -0.2) is 23.9 Å². The summed E-state index contributed by atoms with van der Waals surface area (Å²) in [6.45, 7) is 2.02. The number of anilines is 2. The van der Waals surface area contributed by atoms with Crippen molar-refractivity contribution in [3.05, 3.63) is 6.20 Å². The molecule has 0 aliphatic heterocycles. The Kier molecular flexibility index (Phi) is 2.77. The van der Waals surface area contributed by atoms with E-state index in [0.29, 0.717) is 5.69 Å². The molecule has 5 heteroatoms. The van der Waals surface area contributed by atoms with Gasteiger partial charge in [-0.2, -0.15) is 5.10 Å². The predicted molar refractivity (Wildman–Crippen MR) is 54.5 cm³/mol. The third-order valence-electron chi connectivity index (χ3n) is 1.95. The van der Waals surface area contributed by atoms with Gasteiger partial charge in [-0.25, -0.2) is 4.68 Å². The molecule has 0 saturated heterocycles. The van der Waals surface area contributed by atoms with Gasteiger partial charge in [0, 0.05) is 14.1 Å². The zero-order valence-electron chi connectivity index (χ0n) is 8.36. The maximum atomic E-state index is 5.86. The Hall–Kier alpha value is -1.23. The van der Waals surface area contributed by atoms with Gasteiger partial charge in [-0.1, -0.05) is 6.92 Å². The van der Waals surface area contributed by atoms with Gasteiger partial charge in [-0.3, -0.25) is 0 Å². The SMILES string of the molecule is CCC(N)n1ncc(N)c1N(C)C. The molecule has 74 valence electrons. The standard InChI is InChI=1S/C8H17N5/c1-4-7(10)13-8(12(2)3)6(9)5-11-13/h5,7H,4,9-10H2,1-3H3. The molecule has 4 N–H and O–H groups in total. The van der Waals surface area contributed by atoms with E-state index in [-0.39, 0.29) is 6.17 Å². The molecule has 13 heavy (non-hydrogen) atoms. The number of hydrogen-bond donors (Lipinski definition) is 2. The lowest BCUT2D eigenvalue weighted by atomic mass is 10.4. The Morgan fingerprint density at radius 3 is 2.69 bits per heavy atom. The first-order valence-electron chi connectivity index (χ1n) is 4.33. The summed E-state index contributed by atoms with van der Waals surface area (Å²) >= 11 is 0. The number of nitrogen functional groups attached to an aromatic ring is 1. The van der Waals surface area contributed by atoms with Gasteiger partial charge in [0.25, 0.3) is 0 Å². The summed E-state index contributed by atoms with van der Waals surface area (Å²) in [6.07, 6.45) is 2.36. The smallest absolute Gasteiger partial charge is 0.151 e. The first kappa shape index (κ1) is 9.85. The quantitative estimate of drug-likeness (QED) is 0.711. The molecule has 1 heterocycles. The van der Waals surface area contributed by atoms with Crippen molar-refractivity contribution < 1.29 is 0 Å². The van der Waals surface area contributed by atoms with E-state index in [1.807, 2.05) is 25.9 Å². The lowest BCUT2D eigenvalue weighted by Gasteiger charge is -2.19. The van der Waals surface area contributed by atoms with E-state index in [1.54, 1.807) is 10.9 Å². The number of nitrogens with zero attached hydrogens (tertiary/aromatic N) is 3. The Morgan fingerprint density at radius 1 is 1.62 bits per heavy atom. The van der Waals surface area contributed by atoms with Crippen molar-refractivity contribution in [2.24, 2.45) is 5.73 Å². The zero-order valence-corrected chi connectivity index (χ0v) is 8.36. The molecule has 1 unspecified atom stereocenters. The van der Waals surface area contributed by atoms with E-state index in [9.17, 15) is 0 Å².